The Morgan fingerprint density at radius 1 is 1.15 bits per heavy atom. The molecular weight excluding hydrogens is 276 g/mol. The fraction of sp³-hybridized carbons (Fsp3) is 0.500. The molecule has 108 valence electrons. The fourth-order valence-corrected chi connectivity index (χ4v) is 3.98. The number of benzene rings is 1. The smallest absolute Gasteiger partial charge is 0.240 e. The van der Waals surface area contributed by atoms with Crippen LogP contribution in [-0.4, -0.2) is 49.9 Å². The molecule has 1 atom stereocenters. The van der Waals surface area contributed by atoms with Crippen molar-refractivity contribution in [1.29, 1.82) is 0 Å². The molecule has 0 bridgehead atoms. The number of nitrogens with zero attached hydrogens (tertiary/aromatic N) is 1. The highest BCUT2D eigenvalue weighted by Crippen LogP contribution is 2.18. The maximum atomic E-state index is 12.4. The van der Waals surface area contributed by atoms with Crippen LogP contribution in [0.2, 0.25) is 0 Å². The van der Waals surface area contributed by atoms with Gasteiger partial charge in [0.2, 0.25) is 5.91 Å². The lowest BCUT2D eigenvalue weighted by molar-refractivity contribution is -0.133. The fourth-order valence-electron chi connectivity index (χ4n) is 2.78. The standard InChI is InChI=1S/C14H18N2O3S/c17-14(16-5-7-20(18,19)8-6-16)13-9-11-3-1-2-4-12(11)10-15-13/h1-4,13,15H,5-10H2/t13-/m0/s1. The van der Waals surface area contributed by atoms with Crippen LogP contribution < -0.4 is 5.32 Å². The Morgan fingerprint density at radius 2 is 1.80 bits per heavy atom. The van der Waals surface area contributed by atoms with Crippen molar-refractivity contribution >= 4 is 15.7 Å². The van der Waals surface area contributed by atoms with E-state index in [2.05, 4.69) is 17.4 Å². The zero-order valence-electron chi connectivity index (χ0n) is 11.2. The molecule has 0 unspecified atom stereocenters. The number of rotatable bonds is 1. The lowest BCUT2D eigenvalue weighted by Gasteiger charge is -2.33. The molecule has 2 heterocycles. The number of carbonyl (C=O) groups excluding carboxylic acids is 1. The first-order valence-electron chi connectivity index (χ1n) is 6.84. The predicted octanol–water partition coefficient (Wildman–Crippen LogP) is -0.0421. The van der Waals surface area contributed by atoms with Crippen molar-refractivity contribution in [3.05, 3.63) is 35.4 Å². The van der Waals surface area contributed by atoms with Crippen molar-refractivity contribution < 1.29 is 13.2 Å². The molecule has 0 saturated carbocycles. The van der Waals surface area contributed by atoms with Gasteiger partial charge in [-0.25, -0.2) is 8.42 Å². The van der Waals surface area contributed by atoms with E-state index < -0.39 is 9.84 Å². The van der Waals surface area contributed by atoms with Crippen molar-refractivity contribution in [3.8, 4) is 0 Å². The minimum atomic E-state index is -2.94. The second kappa shape index (κ2) is 5.18. The first-order valence-corrected chi connectivity index (χ1v) is 8.67. The summed E-state index contributed by atoms with van der Waals surface area (Å²) in [4.78, 5) is 14.1. The molecule has 1 saturated heterocycles. The van der Waals surface area contributed by atoms with Crippen LogP contribution in [0.3, 0.4) is 0 Å². The number of hydrogen-bond acceptors (Lipinski definition) is 4. The molecule has 0 aliphatic carbocycles. The normalized spacial score (nSPS) is 25.0. The van der Waals surface area contributed by atoms with E-state index in [0.717, 1.165) is 0 Å². The van der Waals surface area contributed by atoms with E-state index in [1.54, 1.807) is 4.90 Å². The Hall–Kier alpha value is -1.40. The van der Waals surface area contributed by atoms with E-state index in [1.165, 1.54) is 11.1 Å². The summed E-state index contributed by atoms with van der Waals surface area (Å²) >= 11 is 0. The molecule has 3 rings (SSSR count). The van der Waals surface area contributed by atoms with Crippen molar-refractivity contribution in [3.63, 3.8) is 0 Å². The Bertz CT molecular complexity index is 613. The average Bonchev–Trinajstić information content (AvgIpc) is 2.46. The van der Waals surface area contributed by atoms with Crippen molar-refractivity contribution in [2.24, 2.45) is 0 Å². The average molecular weight is 294 g/mol. The minimum absolute atomic E-state index is 0.0226. The van der Waals surface area contributed by atoms with Crippen LogP contribution in [0.4, 0.5) is 0 Å². The molecule has 6 heteroatoms. The summed E-state index contributed by atoms with van der Waals surface area (Å²) in [5, 5.41) is 3.25. The maximum absolute atomic E-state index is 12.4. The Labute approximate surface area is 118 Å². The van der Waals surface area contributed by atoms with Gasteiger partial charge in [0, 0.05) is 19.6 Å². The van der Waals surface area contributed by atoms with Gasteiger partial charge in [0.15, 0.2) is 9.84 Å². The molecule has 20 heavy (non-hydrogen) atoms. The number of fused-ring (bicyclic) bond motifs is 1. The summed E-state index contributed by atoms with van der Waals surface area (Å²) in [5.74, 6) is 0.193. The molecule has 1 N–H and O–H groups in total. The van der Waals surface area contributed by atoms with Gasteiger partial charge < -0.3 is 10.2 Å². The highest BCUT2D eigenvalue weighted by Gasteiger charge is 2.31. The SMILES string of the molecule is O=C([C@@H]1Cc2ccccc2CN1)N1CCS(=O)(=O)CC1. The Balaban J connectivity index is 1.68. The molecule has 2 aliphatic heterocycles. The summed E-state index contributed by atoms with van der Waals surface area (Å²) in [6.45, 7) is 1.33. The number of nitrogens with one attached hydrogen (secondary N) is 1. The lowest BCUT2D eigenvalue weighted by Crippen LogP contribution is -2.53. The highest BCUT2D eigenvalue weighted by molar-refractivity contribution is 7.91. The third-order valence-electron chi connectivity index (χ3n) is 4.04. The summed E-state index contributed by atoms with van der Waals surface area (Å²) in [6.07, 6.45) is 0.679. The van der Waals surface area contributed by atoms with Crippen LogP contribution in [0, 0.1) is 0 Å². The van der Waals surface area contributed by atoms with Crippen molar-refractivity contribution in [1.82, 2.24) is 10.2 Å². The second-order valence-electron chi connectivity index (χ2n) is 5.38. The van der Waals surface area contributed by atoms with Crippen LogP contribution in [0.5, 0.6) is 0 Å². The number of carbonyl (C=O) groups is 1. The van der Waals surface area contributed by atoms with E-state index in [9.17, 15) is 13.2 Å². The van der Waals surface area contributed by atoms with Gasteiger partial charge in [-0.2, -0.15) is 0 Å². The van der Waals surface area contributed by atoms with E-state index in [0.29, 0.717) is 26.1 Å². The van der Waals surface area contributed by atoms with E-state index in [-0.39, 0.29) is 23.5 Å². The Kier molecular flexibility index (Phi) is 3.52. The molecule has 0 aromatic heterocycles. The minimum Gasteiger partial charge on any atom is -0.339 e. The third kappa shape index (κ3) is 2.71. The number of hydrogen-bond donors (Lipinski definition) is 1. The van der Waals surface area contributed by atoms with Gasteiger partial charge in [-0.1, -0.05) is 24.3 Å². The summed E-state index contributed by atoms with van der Waals surface area (Å²) in [6, 6.07) is 7.87. The first kappa shape index (κ1) is 13.6. The van der Waals surface area contributed by atoms with Gasteiger partial charge in [0.25, 0.3) is 0 Å². The van der Waals surface area contributed by atoms with Gasteiger partial charge in [0.1, 0.15) is 0 Å². The molecule has 0 radical (unpaired) electrons. The summed E-state index contributed by atoms with van der Waals surface area (Å²) in [7, 11) is -2.94. The molecule has 1 amide bonds. The highest BCUT2D eigenvalue weighted by atomic mass is 32.2. The van der Waals surface area contributed by atoms with Crippen molar-refractivity contribution in [2.45, 2.75) is 19.0 Å². The van der Waals surface area contributed by atoms with Gasteiger partial charge in [-0.05, 0) is 17.5 Å². The summed E-state index contributed by atoms with van der Waals surface area (Å²) in [5.41, 5.74) is 2.44. The molecule has 1 aromatic carbocycles. The third-order valence-corrected chi connectivity index (χ3v) is 5.64. The first-order chi connectivity index (χ1) is 9.55. The largest absolute Gasteiger partial charge is 0.339 e. The molecule has 0 spiro atoms. The molecule has 2 aliphatic rings. The summed E-state index contributed by atoms with van der Waals surface area (Å²) < 4.78 is 22.8. The van der Waals surface area contributed by atoms with Crippen LogP contribution in [-0.2, 0) is 27.6 Å². The maximum Gasteiger partial charge on any atom is 0.240 e. The van der Waals surface area contributed by atoms with E-state index >= 15 is 0 Å². The molecule has 1 aromatic rings. The monoisotopic (exact) mass is 294 g/mol. The van der Waals surface area contributed by atoms with Crippen LogP contribution in [0.25, 0.3) is 0 Å². The Morgan fingerprint density at radius 3 is 2.50 bits per heavy atom. The van der Waals surface area contributed by atoms with Crippen molar-refractivity contribution in [2.75, 3.05) is 24.6 Å². The lowest BCUT2D eigenvalue weighted by atomic mass is 9.95. The zero-order chi connectivity index (χ0) is 14.2. The van der Waals surface area contributed by atoms with Crippen LogP contribution >= 0.6 is 0 Å². The second-order valence-corrected chi connectivity index (χ2v) is 7.69. The topological polar surface area (TPSA) is 66.5 Å². The van der Waals surface area contributed by atoms with Gasteiger partial charge in [0.05, 0.1) is 17.5 Å². The van der Waals surface area contributed by atoms with Gasteiger partial charge in [-0.15, -0.1) is 0 Å². The molecule has 5 nitrogen and oxygen atoms in total. The van der Waals surface area contributed by atoms with E-state index in [1.807, 2.05) is 12.1 Å². The van der Waals surface area contributed by atoms with Crippen LogP contribution in [0.1, 0.15) is 11.1 Å². The predicted molar refractivity (Wildman–Crippen MR) is 76.0 cm³/mol. The zero-order valence-corrected chi connectivity index (χ0v) is 12.0. The number of amides is 1. The van der Waals surface area contributed by atoms with E-state index in [4.69, 9.17) is 0 Å². The van der Waals surface area contributed by atoms with Gasteiger partial charge >= 0.3 is 0 Å². The van der Waals surface area contributed by atoms with Gasteiger partial charge in [-0.3, -0.25) is 4.79 Å². The van der Waals surface area contributed by atoms with Crippen LogP contribution in [0.15, 0.2) is 24.3 Å². The number of sulfone groups is 1. The molecule has 1 fully saturated rings. The quantitative estimate of drug-likeness (QED) is 0.789. The molecular formula is C14H18N2O3S.